The van der Waals surface area contributed by atoms with E-state index in [2.05, 4.69) is 60.8 Å². The van der Waals surface area contributed by atoms with Crippen molar-refractivity contribution in [3.8, 4) is 0 Å². The summed E-state index contributed by atoms with van der Waals surface area (Å²) in [6.45, 7) is 6.18. The summed E-state index contributed by atoms with van der Waals surface area (Å²) in [5.74, 6) is 0.133. The largest absolute Gasteiger partial charge is 0.354 e. The van der Waals surface area contributed by atoms with Crippen LogP contribution in [0.25, 0.3) is 0 Å². The maximum atomic E-state index is 11.4. The van der Waals surface area contributed by atoms with Crippen LogP contribution in [0.5, 0.6) is 0 Å². The zero-order chi connectivity index (χ0) is 17.2. The van der Waals surface area contributed by atoms with E-state index < -0.39 is 0 Å². The number of allylic oxidation sites excluding steroid dienone is 8. The Bertz CT molecular complexity index is 389. The zero-order valence-electron chi connectivity index (χ0n) is 15.3. The van der Waals surface area contributed by atoms with Gasteiger partial charge in [0.05, 0.1) is 0 Å². The second-order valence-electron chi connectivity index (χ2n) is 6.00. The molecule has 0 unspecified atom stereocenters. The second kappa shape index (κ2) is 16.8. The van der Waals surface area contributed by atoms with Gasteiger partial charge in [-0.15, -0.1) is 0 Å². The lowest BCUT2D eigenvalue weighted by Crippen LogP contribution is -2.29. The van der Waals surface area contributed by atoms with Crippen LogP contribution in [0.4, 0.5) is 0 Å². The van der Waals surface area contributed by atoms with Gasteiger partial charge in [0, 0.05) is 12.5 Å². The molecule has 0 radical (unpaired) electrons. The van der Waals surface area contributed by atoms with Gasteiger partial charge in [0.25, 0.3) is 0 Å². The molecule has 1 N–H and O–H groups in total. The standard InChI is InChI=1S/C21H35NO/c1-4-5-6-7-8-9-10-11-12-13-14-15-16-17-18-19-21(23)22-20(2)3/h7-8,10-11,13-14,16-17,20H,4-6,9,12,15,18-19H2,1-3H3,(H,22,23). The van der Waals surface area contributed by atoms with E-state index in [1.807, 2.05) is 13.8 Å². The van der Waals surface area contributed by atoms with E-state index in [0.717, 1.165) is 25.7 Å². The molecule has 0 spiro atoms. The fourth-order valence-corrected chi connectivity index (χ4v) is 1.98. The maximum Gasteiger partial charge on any atom is 0.220 e. The summed E-state index contributed by atoms with van der Waals surface area (Å²) in [5.41, 5.74) is 0. The minimum atomic E-state index is 0.133. The molecule has 0 aliphatic heterocycles. The molecule has 0 aromatic carbocycles. The predicted octanol–water partition coefficient (Wildman–Crippen LogP) is 5.88. The van der Waals surface area contributed by atoms with Gasteiger partial charge in [-0.05, 0) is 46.0 Å². The minimum absolute atomic E-state index is 0.133. The average Bonchev–Trinajstić information content (AvgIpc) is 2.50. The summed E-state index contributed by atoms with van der Waals surface area (Å²) in [6, 6.07) is 0.231. The highest BCUT2D eigenvalue weighted by molar-refractivity contribution is 5.76. The summed E-state index contributed by atoms with van der Waals surface area (Å²) in [7, 11) is 0. The molecule has 23 heavy (non-hydrogen) atoms. The molecule has 0 bridgehead atoms. The summed E-state index contributed by atoms with van der Waals surface area (Å²) < 4.78 is 0. The molecule has 0 saturated heterocycles. The fraction of sp³-hybridized carbons (Fsp3) is 0.571. The van der Waals surface area contributed by atoms with E-state index in [1.165, 1.54) is 19.3 Å². The lowest BCUT2D eigenvalue weighted by molar-refractivity contribution is -0.121. The fourth-order valence-electron chi connectivity index (χ4n) is 1.98. The van der Waals surface area contributed by atoms with Crippen molar-refractivity contribution < 1.29 is 4.79 Å². The number of hydrogen-bond donors (Lipinski definition) is 1. The molecular formula is C21H35NO. The van der Waals surface area contributed by atoms with Gasteiger partial charge in [0.1, 0.15) is 0 Å². The van der Waals surface area contributed by atoms with Crippen molar-refractivity contribution in [2.45, 2.75) is 78.2 Å². The van der Waals surface area contributed by atoms with Gasteiger partial charge in [-0.2, -0.15) is 0 Å². The first kappa shape index (κ1) is 21.4. The zero-order valence-corrected chi connectivity index (χ0v) is 15.3. The number of nitrogens with one attached hydrogen (secondary N) is 1. The highest BCUT2D eigenvalue weighted by Crippen LogP contribution is 1.98. The Kier molecular flexibility index (Phi) is 15.6. The number of rotatable bonds is 13. The molecule has 1 amide bonds. The normalized spacial score (nSPS) is 12.5. The maximum absolute atomic E-state index is 11.4. The van der Waals surface area contributed by atoms with Gasteiger partial charge in [0.2, 0.25) is 5.91 Å². The van der Waals surface area contributed by atoms with Crippen LogP contribution in [0, 0.1) is 0 Å². The highest BCUT2D eigenvalue weighted by Gasteiger charge is 2.00. The van der Waals surface area contributed by atoms with Gasteiger partial charge in [-0.1, -0.05) is 68.4 Å². The number of carbonyl (C=O) groups is 1. The molecule has 0 aromatic rings. The first-order valence-electron chi connectivity index (χ1n) is 9.06. The average molecular weight is 318 g/mol. The molecule has 2 nitrogen and oxygen atoms in total. The SMILES string of the molecule is CCCCC=CCC=CCC=CCC=CCCC(=O)NC(C)C. The summed E-state index contributed by atoms with van der Waals surface area (Å²) in [4.78, 5) is 11.4. The van der Waals surface area contributed by atoms with Crippen molar-refractivity contribution in [2.75, 3.05) is 0 Å². The van der Waals surface area contributed by atoms with Crippen LogP contribution in [0.3, 0.4) is 0 Å². The number of unbranched alkanes of at least 4 members (excludes halogenated alkanes) is 2. The Balaban J connectivity index is 3.51. The lowest BCUT2D eigenvalue weighted by Gasteiger charge is -2.06. The summed E-state index contributed by atoms with van der Waals surface area (Å²) in [5, 5.41) is 2.89. The number of hydrogen-bond acceptors (Lipinski definition) is 1. The van der Waals surface area contributed by atoms with Crippen molar-refractivity contribution in [3.05, 3.63) is 48.6 Å². The summed E-state index contributed by atoms with van der Waals surface area (Å²) in [6.07, 6.45) is 25.6. The molecule has 0 aliphatic rings. The highest BCUT2D eigenvalue weighted by atomic mass is 16.1. The minimum Gasteiger partial charge on any atom is -0.354 e. The molecule has 0 saturated carbocycles. The molecule has 0 aromatic heterocycles. The van der Waals surface area contributed by atoms with Crippen molar-refractivity contribution in [2.24, 2.45) is 0 Å². The Hall–Kier alpha value is -1.57. The summed E-state index contributed by atoms with van der Waals surface area (Å²) >= 11 is 0. The van der Waals surface area contributed by atoms with Crippen molar-refractivity contribution in [1.82, 2.24) is 5.32 Å². The quantitative estimate of drug-likeness (QED) is 0.334. The van der Waals surface area contributed by atoms with Crippen molar-refractivity contribution >= 4 is 5.91 Å². The molecule has 0 fully saturated rings. The van der Waals surface area contributed by atoms with Crippen LogP contribution < -0.4 is 5.32 Å². The molecule has 0 atom stereocenters. The van der Waals surface area contributed by atoms with Gasteiger partial charge >= 0.3 is 0 Å². The van der Waals surface area contributed by atoms with Crippen molar-refractivity contribution in [1.29, 1.82) is 0 Å². The number of amides is 1. The molecule has 0 heterocycles. The predicted molar refractivity (Wildman–Crippen MR) is 102 cm³/mol. The van der Waals surface area contributed by atoms with Crippen LogP contribution in [0.15, 0.2) is 48.6 Å². The molecule has 130 valence electrons. The molecular weight excluding hydrogens is 282 g/mol. The third kappa shape index (κ3) is 18.4. The lowest BCUT2D eigenvalue weighted by atomic mass is 10.2. The topological polar surface area (TPSA) is 29.1 Å². The molecule has 0 aliphatic carbocycles. The van der Waals surface area contributed by atoms with Crippen LogP contribution in [-0.2, 0) is 4.79 Å². The molecule has 2 heteroatoms. The van der Waals surface area contributed by atoms with E-state index in [0.29, 0.717) is 6.42 Å². The van der Waals surface area contributed by atoms with Crippen LogP contribution in [0.1, 0.15) is 72.1 Å². The first-order chi connectivity index (χ1) is 11.2. The van der Waals surface area contributed by atoms with Gasteiger partial charge in [0.15, 0.2) is 0 Å². The van der Waals surface area contributed by atoms with E-state index in [1.54, 1.807) is 0 Å². The van der Waals surface area contributed by atoms with Crippen LogP contribution in [-0.4, -0.2) is 11.9 Å². The van der Waals surface area contributed by atoms with E-state index in [-0.39, 0.29) is 11.9 Å². The van der Waals surface area contributed by atoms with Crippen molar-refractivity contribution in [3.63, 3.8) is 0 Å². The Labute approximate surface area is 143 Å². The smallest absolute Gasteiger partial charge is 0.220 e. The van der Waals surface area contributed by atoms with Gasteiger partial charge in [-0.25, -0.2) is 0 Å². The van der Waals surface area contributed by atoms with E-state index in [4.69, 9.17) is 0 Å². The molecule has 0 rings (SSSR count). The third-order valence-electron chi connectivity index (χ3n) is 3.20. The Morgan fingerprint density at radius 3 is 1.78 bits per heavy atom. The van der Waals surface area contributed by atoms with Crippen LogP contribution >= 0.6 is 0 Å². The van der Waals surface area contributed by atoms with Gasteiger partial charge < -0.3 is 5.32 Å². The van der Waals surface area contributed by atoms with Crippen LogP contribution in [0.2, 0.25) is 0 Å². The Morgan fingerprint density at radius 1 is 0.826 bits per heavy atom. The third-order valence-corrected chi connectivity index (χ3v) is 3.20. The monoisotopic (exact) mass is 317 g/mol. The van der Waals surface area contributed by atoms with E-state index >= 15 is 0 Å². The first-order valence-corrected chi connectivity index (χ1v) is 9.06. The van der Waals surface area contributed by atoms with Gasteiger partial charge in [-0.3, -0.25) is 4.79 Å². The Morgan fingerprint density at radius 2 is 1.30 bits per heavy atom. The number of carbonyl (C=O) groups excluding carboxylic acids is 1. The van der Waals surface area contributed by atoms with E-state index in [9.17, 15) is 4.79 Å². The second-order valence-corrected chi connectivity index (χ2v) is 6.00.